The molecular formula is C19H17BrO5S. The second-order valence-electron chi connectivity index (χ2n) is 5.68. The number of rotatable bonds is 6. The van der Waals surface area contributed by atoms with Crippen molar-refractivity contribution in [3.05, 3.63) is 64.3 Å². The number of furan rings is 1. The van der Waals surface area contributed by atoms with E-state index < -0.39 is 15.8 Å². The van der Waals surface area contributed by atoms with Crippen molar-refractivity contribution >= 4 is 42.7 Å². The van der Waals surface area contributed by atoms with Gasteiger partial charge in [-0.1, -0.05) is 35.0 Å². The van der Waals surface area contributed by atoms with Crippen molar-refractivity contribution in [2.45, 2.75) is 18.2 Å². The Hall–Kier alpha value is -2.12. The van der Waals surface area contributed by atoms with Crippen molar-refractivity contribution in [2.24, 2.45) is 0 Å². The zero-order valence-electron chi connectivity index (χ0n) is 14.1. The summed E-state index contributed by atoms with van der Waals surface area (Å²) in [6, 6.07) is 13.7. The minimum atomic E-state index is -3.50. The molecule has 2 aromatic carbocycles. The predicted octanol–water partition coefficient (Wildman–Crippen LogP) is 4.39. The second kappa shape index (κ2) is 7.63. The highest BCUT2D eigenvalue weighted by Gasteiger charge is 2.21. The third-order valence-corrected chi connectivity index (χ3v) is 6.21. The second-order valence-corrected chi connectivity index (χ2v) is 8.84. The third kappa shape index (κ3) is 3.99. The third-order valence-electron chi connectivity index (χ3n) is 3.93. The number of esters is 1. The lowest BCUT2D eigenvalue weighted by Crippen LogP contribution is -2.14. The number of carbonyl (C=O) groups is 1. The summed E-state index contributed by atoms with van der Waals surface area (Å²) in [7, 11) is -3.50. The smallest absolute Gasteiger partial charge is 0.339 e. The van der Waals surface area contributed by atoms with E-state index in [0.717, 1.165) is 15.4 Å². The SMILES string of the molecule is CCS(=O)(=O)c1ccccc1C(=O)OCCc1cc2cc(Br)ccc2o1. The number of benzene rings is 2. The molecule has 0 unspecified atom stereocenters. The maximum Gasteiger partial charge on any atom is 0.339 e. The van der Waals surface area contributed by atoms with Crippen molar-refractivity contribution in [2.75, 3.05) is 12.4 Å². The van der Waals surface area contributed by atoms with Crippen LogP contribution >= 0.6 is 15.9 Å². The molecule has 0 aliphatic rings. The summed E-state index contributed by atoms with van der Waals surface area (Å²) in [5.41, 5.74) is 0.816. The van der Waals surface area contributed by atoms with E-state index in [1.54, 1.807) is 12.1 Å². The fourth-order valence-electron chi connectivity index (χ4n) is 2.58. The molecule has 0 fully saturated rings. The highest BCUT2D eigenvalue weighted by atomic mass is 79.9. The van der Waals surface area contributed by atoms with Gasteiger partial charge in [0, 0.05) is 16.3 Å². The van der Waals surface area contributed by atoms with E-state index in [1.807, 2.05) is 24.3 Å². The number of fused-ring (bicyclic) bond motifs is 1. The number of halogens is 1. The molecule has 0 spiro atoms. The van der Waals surface area contributed by atoms with Crippen LogP contribution in [0.2, 0.25) is 0 Å². The van der Waals surface area contributed by atoms with E-state index in [0.29, 0.717) is 12.2 Å². The monoisotopic (exact) mass is 436 g/mol. The minimum absolute atomic E-state index is 0.00101. The topological polar surface area (TPSA) is 73.6 Å². The van der Waals surface area contributed by atoms with Crippen LogP contribution in [0.5, 0.6) is 0 Å². The zero-order chi connectivity index (χ0) is 18.7. The lowest BCUT2D eigenvalue weighted by Gasteiger charge is -2.09. The van der Waals surface area contributed by atoms with Gasteiger partial charge in [0.05, 0.1) is 22.8 Å². The van der Waals surface area contributed by atoms with E-state index in [-0.39, 0.29) is 22.8 Å². The van der Waals surface area contributed by atoms with Gasteiger partial charge in [-0.2, -0.15) is 0 Å². The highest BCUT2D eigenvalue weighted by molar-refractivity contribution is 9.10. The van der Waals surface area contributed by atoms with Crippen LogP contribution in [0.3, 0.4) is 0 Å². The van der Waals surface area contributed by atoms with Gasteiger partial charge >= 0.3 is 5.97 Å². The molecule has 0 atom stereocenters. The van der Waals surface area contributed by atoms with Gasteiger partial charge in [-0.25, -0.2) is 13.2 Å². The van der Waals surface area contributed by atoms with Crippen LogP contribution in [0.15, 0.2) is 62.3 Å². The van der Waals surface area contributed by atoms with Gasteiger partial charge in [-0.05, 0) is 36.4 Å². The fraction of sp³-hybridized carbons (Fsp3) is 0.211. The van der Waals surface area contributed by atoms with Crippen molar-refractivity contribution < 1.29 is 22.4 Å². The Morgan fingerprint density at radius 1 is 1.15 bits per heavy atom. The summed E-state index contributed by atoms with van der Waals surface area (Å²) in [6.07, 6.45) is 0.404. The van der Waals surface area contributed by atoms with Gasteiger partial charge in [0.25, 0.3) is 0 Å². The number of hydrogen-bond donors (Lipinski definition) is 0. The van der Waals surface area contributed by atoms with E-state index in [1.165, 1.54) is 19.1 Å². The maximum atomic E-state index is 12.3. The Balaban J connectivity index is 1.69. The van der Waals surface area contributed by atoms with Crippen molar-refractivity contribution in [3.8, 4) is 0 Å². The summed E-state index contributed by atoms with van der Waals surface area (Å²) < 4.78 is 36.2. The van der Waals surface area contributed by atoms with Crippen molar-refractivity contribution in [3.63, 3.8) is 0 Å². The molecule has 7 heteroatoms. The summed E-state index contributed by atoms with van der Waals surface area (Å²) in [6.45, 7) is 1.64. The predicted molar refractivity (Wildman–Crippen MR) is 102 cm³/mol. The molecule has 0 saturated heterocycles. The lowest BCUT2D eigenvalue weighted by molar-refractivity contribution is 0.0500. The van der Waals surface area contributed by atoms with Crippen LogP contribution in [0.4, 0.5) is 0 Å². The Bertz CT molecular complexity index is 1050. The molecular weight excluding hydrogens is 420 g/mol. The molecule has 0 aliphatic carbocycles. The molecule has 136 valence electrons. The summed E-state index contributed by atoms with van der Waals surface area (Å²) >= 11 is 3.41. The molecule has 0 N–H and O–H groups in total. The molecule has 0 bridgehead atoms. The Morgan fingerprint density at radius 3 is 2.69 bits per heavy atom. The number of carbonyl (C=O) groups excluding carboxylic acids is 1. The van der Waals surface area contributed by atoms with Gasteiger partial charge in [0.1, 0.15) is 11.3 Å². The van der Waals surface area contributed by atoms with Gasteiger partial charge in [-0.3, -0.25) is 0 Å². The van der Waals surface area contributed by atoms with E-state index >= 15 is 0 Å². The van der Waals surface area contributed by atoms with Crippen LogP contribution in [0, 0.1) is 0 Å². The Kier molecular flexibility index (Phi) is 5.48. The van der Waals surface area contributed by atoms with Crippen LogP contribution in [0.1, 0.15) is 23.0 Å². The van der Waals surface area contributed by atoms with Gasteiger partial charge in [0.15, 0.2) is 9.84 Å². The van der Waals surface area contributed by atoms with Crippen LogP contribution < -0.4 is 0 Å². The van der Waals surface area contributed by atoms with Gasteiger partial charge < -0.3 is 9.15 Å². The van der Waals surface area contributed by atoms with Crippen LogP contribution in [-0.2, 0) is 21.0 Å². The summed E-state index contributed by atoms with van der Waals surface area (Å²) in [4.78, 5) is 12.3. The molecule has 0 aliphatic heterocycles. The average molecular weight is 437 g/mol. The number of hydrogen-bond acceptors (Lipinski definition) is 5. The normalized spacial score (nSPS) is 11.6. The van der Waals surface area contributed by atoms with Crippen molar-refractivity contribution in [1.82, 2.24) is 0 Å². The standard InChI is InChI=1S/C19H17BrO5S/c1-2-26(22,23)18-6-4-3-5-16(18)19(21)24-10-9-15-12-13-11-14(20)7-8-17(13)25-15/h3-8,11-12H,2,9-10H2,1H3. The molecule has 26 heavy (non-hydrogen) atoms. The number of ether oxygens (including phenoxy) is 1. The first-order chi connectivity index (χ1) is 12.4. The quantitative estimate of drug-likeness (QED) is 0.535. The fourth-order valence-corrected chi connectivity index (χ4v) is 4.04. The largest absolute Gasteiger partial charge is 0.462 e. The Morgan fingerprint density at radius 2 is 1.92 bits per heavy atom. The van der Waals surface area contributed by atoms with E-state index in [9.17, 15) is 13.2 Å². The molecule has 1 aromatic heterocycles. The van der Waals surface area contributed by atoms with Crippen LogP contribution in [-0.4, -0.2) is 26.7 Å². The molecule has 3 rings (SSSR count). The number of sulfone groups is 1. The lowest BCUT2D eigenvalue weighted by atomic mass is 10.2. The first kappa shape index (κ1) is 18.7. The maximum absolute atomic E-state index is 12.3. The first-order valence-corrected chi connectivity index (χ1v) is 10.5. The average Bonchev–Trinajstić information content (AvgIpc) is 3.03. The molecule has 1 heterocycles. The Labute approximate surface area is 160 Å². The van der Waals surface area contributed by atoms with Gasteiger partial charge in [-0.15, -0.1) is 0 Å². The van der Waals surface area contributed by atoms with E-state index in [4.69, 9.17) is 9.15 Å². The molecule has 0 saturated carbocycles. The molecule has 0 amide bonds. The molecule has 0 radical (unpaired) electrons. The highest BCUT2D eigenvalue weighted by Crippen LogP contribution is 2.24. The minimum Gasteiger partial charge on any atom is -0.462 e. The van der Waals surface area contributed by atoms with Crippen LogP contribution in [0.25, 0.3) is 11.0 Å². The van der Waals surface area contributed by atoms with Crippen molar-refractivity contribution in [1.29, 1.82) is 0 Å². The molecule has 3 aromatic rings. The summed E-state index contributed by atoms with van der Waals surface area (Å²) in [5, 5.41) is 0.958. The van der Waals surface area contributed by atoms with Gasteiger partial charge in [0.2, 0.25) is 0 Å². The zero-order valence-corrected chi connectivity index (χ0v) is 16.5. The van der Waals surface area contributed by atoms with E-state index in [2.05, 4.69) is 15.9 Å². The molecule has 5 nitrogen and oxygen atoms in total. The summed E-state index contributed by atoms with van der Waals surface area (Å²) in [5.74, 6) is -0.0388. The first-order valence-electron chi connectivity index (χ1n) is 8.07.